The van der Waals surface area contributed by atoms with Crippen LogP contribution in [0.5, 0.6) is 0 Å². The van der Waals surface area contributed by atoms with E-state index in [0.717, 1.165) is 12.8 Å². The molecule has 1 aliphatic carbocycles. The van der Waals surface area contributed by atoms with Crippen molar-refractivity contribution in [2.75, 3.05) is 0 Å². The maximum atomic E-state index is 12.0. The fourth-order valence-electron chi connectivity index (χ4n) is 2.40. The van der Waals surface area contributed by atoms with Gasteiger partial charge in [-0.2, -0.15) is 0 Å². The zero-order valence-electron chi connectivity index (χ0n) is 10.3. The van der Waals surface area contributed by atoms with E-state index >= 15 is 0 Å². The van der Waals surface area contributed by atoms with Gasteiger partial charge in [-0.15, -0.1) is 0 Å². The van der Waals surface area contributed by atoms with Gasteiger partial charge in [-0.3, -0.25) is 9.69 Å². The molecular weight excluding hydrogens is 206 g/mol. The standard InChI is InChI=1S/C12H19NO3/c1-7(14)9-5-8-6-10(8)13(9)11(15)16-12(2,3)4/h8-10H,5-6H2,1-4H3. The molecule has 4 heteroatoms. The number of ether oxygens (including phenoxy) is 1. The highest BCUT2D eigenvalue weighted by Gasteiger charge is 2.56. The van der Waals surface area contributed by atoms with E-state index in [-0.39, 0.29) is 24.0 Å². The lowest BCUT2D eigenvalue weighted by molar-refractivity contribution is -0.121. The van der Waals surface area contributed by atoms with E-state index in [1.54, 1.807) is 11.8 Å². The lowest BCUT2D eigenvalue weighted by Gasteiger charge is -2.29. The molecule has 90 valence electrons. The lowest BCUT2D eigenvalue weighted by atomic mass is 10.1. The van der Waals surface area contributed by atoms with Gasteiger partial charge in [0.05, 0.1) is 6.04 Å². The number of hydrogen-bond donors (Lipinski definition) is 0. The number of ketones is 1. The summed E-state index contributed by atoms with van der Waals surface area (Å²) in [5.41, 5.74) is -0.495. The van der Waals surface area contributed by atoms with Crippen molar-refractivity contribution >= 4 is 11.9 Å². The van der Waals surface area contributed by atoms with Crippen LogP contribution in [0.3, 0.4) is 0 Å². The first-order valence-electron chi connectivity index (χ1n) is 5.81. The second kappa shape index (κ2) is 3.47. The second-order valence-corrected chi connectivity index (χ2v) is 5.81. The smallest absolute Gasteiger partial charge is 0.411 e. The zero-order valence-corrected chi connectivity index (χ0v) is 10.3. The monoisotopic (exact) mass is 225 g/mol. The Morgan fingerprint density at radius 1 is 1.25 bits per heavy atom. The van der Waals surface area contributed by atoms with Crippen molar-refractivity contribution in [3.05, 3.63) is 0 Å². The van der Waals surface area contributed by atoms with Gasteiger partial charge in [0.25, 0.3) is 0 Å². The average molecular weight is 225 g/mol. The van der Waals surface area contributed by atoms with Crippen LogP contribution in [0.2, 0.25) is 0 Å². The molecule has 2 rings (SSSR count). The summed E-state index contributed by atoms with van der Waals surface area (Å²) in [7, 11) is 0. The minimum absolute atomic E-state index is 0.0676. The Bertz CT molecular complexity index is 332. The number of Topliss-reactive ketones (excluding diaryl/α,β-unsaturated/α-hetero) is 1. The Balaban J connectivity index is 2.07. The number of fused-ring (bicyclic) bond motifs is 1. The van der Waals surface area contributed by atoms with Gasteiger partial charge in [-0.25, -0.2) is 4.79 Å². The Hall–Kier alpha value is -1.06. The number of hydrogen-bond acceptors (Lipinski definition) is 3. The van der Waals surface area contributed by atoms with Crippen LogP contribution in [0.25, 0.3) is 0 Å². The van der Waals surface area contributed by atoms with Crippen molar-refractivity contribution in [1.29, 1.82) is 0 Å². The Morgan fingerprint density at radius 2 is 1.88 bits per heavy atom. The van der Waals surface area contributed by atoms with Crippen molar-refractivity contribution in [2.45, 2.75) is 58.2 Å². The van der Waals surface area contributed by atoms with Crippen LogP contribution in [0.4, 0.5) is 4.79 Å². The number of amides is 1. The van der Waals surface area contributed by atoms with Gasteiger partial charge in [-0.05, 0) is 46.5 Å². The SMILES string of the molecule is CC(=O)C1CC2CC2N1C(=O)OC(C)(C)C. The molecule has 2 fully saturated rings. The van der Waals surface area contributed by atoms with E-state index in [9.17, 15) is 9.59 Å². The van der Waals surface area contributed by atoms with Gasteiger partial charge in [0, 0.05) is 6.04 Å². The Morgan fingerprint density at radius 3 is 2.38 bits per heavy atom. The average Bonchev–Trinajstić information content (AvgIpc) is 2.73. The molecule has 0 radical (unpaired) electrons. The summed E-state index contributed by atoms with van der Waals surface area (Å²) in [6.45, 7) is 7.07. The third kappa shape index (κ3) is 2.06. The highest BCUT2D eigenvalue weighted by atomic mass is 16.6. The number of nitrogens with zero attached hydrogens (tertiary/aromatic N) is 1. The molecular formula is C12H19NO3. The predicted octanol–water partition coefficient (Wildman–Crippen LogP) is 1.97. The highest BCUT2D eigenvalue weighted by molar-refractivity contribution is 5.86. The highest BCUT2D eigenvalue weighted by Crippen LogP contribution is 2.48. The van der Waals surface area contributed by atoms with Crippen LogP contribution in [0.15, 0.2) is 0 Å². The first-order chi connectivity index (χ1) is 7.29. The molecule has 1 aliphatic heterocycles. The van der Waals surface area contributed by atoms with Crippen LogP contribution < -0.4 is 0 Å². The van der Waals surface area contributed by atoms with E-state index in [2.05, 4.69) is 0 Å². The maximum Gasteiger partial charge on any atom is 0.411 e. The number of piperidine rings is 1. The molecule has 1 saturated heterocycles. The van der Waals surface area contributed by atoms with Crippen molar-refractivity contribution in [1.82, 2.24) is 4.90 Å². The molecule has 0 spiro atoms. The van der Waals surface area contributed by atoms with Gasteiger partial charge in [0.2, 0.25) is 0 Å². The van der Waals surface area contributed by atoms with Crippen molar-refractivity contribution in [3.8, 4) is 0 Å². The Kier molecular flexibility index (Phi) is 2.48. The molecule has 0 aromatic heterocycles. The molecule has 0 N–H and O–H groups in total. The summed E-state index contributed by atoms with van der Waals surface area (Å²) in [4.78, 5) is 25.1. The van der Waals surface area contributed by atoms with Gasteiger partial charge in [0.1, 0.15) is 5.60 Å². The van der Waals surface area contributed by atoms with E-state index in [4.69, 9.17) is 4.74 Å². The zero-order chi connectivity index (χ0) is 12.1. The number of carbonyl (C=O) groups excluding carboxylic acids is 2. The van der Waals surface area contributed by atoms with Crippen LogP contribution in [0, 0.1) is 5.92 Å². The number of carbonyl (C=O) groups is 2. The topological polar surface area (TPSA) is 46.6 Å². The summed E-state index contributed by atoms with van der Waals surface area (Å²) in [6, 6.07) is 0.00218. The molecule has 0 bridgehead atoms. The summed E-state index contributed by atoms with van der Waals surface area (Å²) >= 11 is 0. The van der Waals surface area contributed by atoms with E-state index in [1.165, 1.54) is 0 Å². The first-order valence-corrected chi connectivity index (χ1v) is 5.81. The maximum absolute atomic E-state index is 12.0. The third-order valence-corrected chi connectivity index (χ3v) is 3.18. The fourth-order valence-corrected chi connectivity index (χ4v) is 2.40. The molecule has 1 amide bonds. The first kappa shape index (κ1) is 11.4. The van der Waals surface area contributed by atoms with Gasteiger partial charge < -0.3 is 4.74 Å². The minimum Gasteiger partial charge on any atom is -0.444 e. The second-order valence-electron chi connectivity index (χ2n) is 5.81. The number of likely N-dealkylation sites (tertiary alicyclic amines) is 1. The van der Waals surface area contributed by atoms with Gasteiger partial charge >= 0.3 is 6.09 Å². The van der Waals surface area contributed by atoms with Crippen LogP contribution in [0.1, 0.15) is 40.5 Å². The van der Waals surface area contributed by atoms with Gasteiger partial charge in [0.15, 0.2) is 5.78 Å². The van der Waals surface area contributed by atoms with Crippen LogP contribution >= 0.6 is 0 Å². The summed E-state index contributed by atoms with van der Waals surface area (Å²) < 4.78 is 5.33. The Labute approximate surface area is 95.9 Å². The summed E-state index contributed by atoms with van der Waals surface area (Å²) in [5, 5.41) is 0. The molecule has 16 heavy (non-hydrogen) atoms. The molecule has 0 aromatic rings. The molecule has 1 saturated carbocycles. The minimum atomic E-state index is -0.495. The largest absolute Gasteiger partial charge is 0.444 e. The number of rotatable bonds is 1. The quantitative estimate of drug-likeness (QED) is 0.685. The predicted molar refractivity (Wildman–Crippen MR) is 59.1 cm³/mol. The van der Waals surface area contributed by atoms with Gasteiger partial charge in [-0.1, -0.05) is 0 Å². The van der Waals surface area contributed by atoms with Crippen molar-refractivity contribution in [3.63, 3.8) is 0 Å². The third-order valence-electron chi connectivity index (χ3n) is 3.18. The fraction of sp³-hybridized carbons (Fsp3) is 0.833. The van der Waals surface area contributed by atoms with E-state index < -0.39 is 5.60 Å². The van der Waals surface area contributed by atoms with Crippen LogP contribution in [-0.4, -0.2) is 34.5 Å². The van der Waals surface area contributed by atoms with E-state index in [0.29, 0.717) is 5.92 Å². The molecule has 2 aliphatic rings. The summed E-state index contributed by atoms with van der Waals surface area (Å²) in [6.07, 6.45) is 1.51. The lowest BCUT2D eigenvalue weighted by Crippen LogP contribution is -2.44. The molecule has 3 atom stereocenters. The molecule has 1 heterocycles. The summed E-state index contributed by atoms with van der Waals surface area (Å²) in [5.74, 6) is 0.597. The van der Waals surface area contributed by atoms with Crippen molar-refractivity contribution in [2.24, 2.45) is 5.92 Å². The molecule has 3 unspecified atom stereocenters. The molecule has 4 nitrogen and oxygen atoms in total. The molecule has 0 aromatic carbocycles. The van der Waals surface area contributed by atoms with Crippen LogP contribution in [-0.2, 0) is 9.53 Å². The normalized spacial score (nSPS) is 32.2. The van der Waals surface area contributed by atoms with E-state index in [1.807, 2.05) is 20.8 Å². The van der Waals surface area contributed by atoms with Crippen molar-refractivity contribution < 1.29 is 14.3 Å².